The van der Waals surface area contributed by atoms with Crippen molar-refractivity contribution in [2.24, 2.45) is 0 Å². The van der Waals surface area contributed by atoms with E-state index in [1.54, 1.807) is 36.4 Å². The molecule has 3 rings (SSSR count). The summed E-state index contributed by atoms with van der Waals surface area (Å²) in [6.07, 6.45) is -0.462. The van der Waals surface area contributed by atoms with Gasteiger partial charge in [0, 0.05) is 17.3 Å². The Balaban J connectivity index is 1.85. The number of ether oxygens (including phenoxy) is 1. The van der Waals surface area contributed by atoms with Crippen molar-refractivity contribution in [3.05, 3.63) is 64.7 Å². The first-order chi connectivity index (χ1) is 11.6. The lowest BCUT2D eigenvalue weighted by atomic mass is 10.1. The third kappa shape index (κ3) is 3.32. The van der Waals surface area contributed by atoms with Gasteiger partial charge in [0.05, 0.1) is 11.1 Å². The van der Waals surface area contributed by atoms with Gasteiger partial charge < -0.3 is 9.57 Å². The molecule has 2 aromatic rings. The van der Waals surface area contributed by atoms with Gasteiger partial charge >= 0.3 is 5.97 Å². The molecule has 0 aromatic heterocycles. The van der Waals surface area contributed by atoms with Crippen LogP contribution in [0.5, 0.6) is 5.75 Å². The molecule has 0 spiro atoms. The maximum Gasteiger partial charge on any atom is 0.363 e. The number of hydrogen-bond acceptors (Lipinski definition) is 4. The van der Waals surface area contributed by atoms with E-state index in [0.29, 0.717) is 22.8 Å². The Morgan fingerprint density at radius 2 is 1.88 bits per heavy atom. The van der Waals surface area contributed by atoms with Crippen LogP contribution in [0.3, 0.4) is 0 Å². The Labute approximate surface area is 148 Å². The van der Waals surface area contributed by atoms with Crippen LogP contribution in [0, 0.1) is 0 Å². The van der Waals surface area contributed by atoms with E-state index in [1.165, 1.54) is 12.1 Å². The first-order valence-electron chi connectivity index (χ1n) is 7.23. The Morgan fingerprint density at radius 1 is 1.17 bits per heavy atom. The van der Waals surface area contributed by atoms with Crippen molar-refractivity contribution in [2.45, 2.75) is 12.6 Å². The number of amides is 1. The van der Waals surface area contributed by atoms with Crippen molar-refractivity contribution in [1.29, 1.82) is 0 Å². The summed E-state index contributed by atoms with van der Waals surface area (Å²) < 4.78 is 5.73. The normalized spacial score (nSPS) is 16.3. The molecular weight excluding hydrogens is 353 g/mol. The summed E-state index contributed by atoms with van der Waals surface area (Å²) in [6.45, 7) is 0. The molecular formula is C17H13Cl2NO4. The van der Waals surface area contributed by atoms with Gasteiger partial charge in [-0.15, -0.1) is 16.7 Å². The lowest BCUT2D eigenvalue weighted by Gasteiger charge is -2.34. The number of fused-ring (bicyclic) bond motifs is 1. The molecule has 0 unspecified atom stereocenters. The second-order valence-electron chi connectivity index (χ2n) is 5.06. The standard InChI is InChI=1S/C17H13Cl2NO4/c18-10-9-15-20(16(21)13-3-1-2-4-14(13)23-15)24-17(22)11-5-7-12(19)8-6-11/h1-8,15H,9-10H2/t15-/m0/s1. The summed E-state index contributed by atoms with van der Waals surface area (Å²) in [5.74, 6) is -0.442. The number of hydrogen-bond donors (Lipinski definition) is 0. The van der Waals surface area contributed by atoms with Gasteiger partial charge in [-0.05, 0) is 36.4 Å². The highest BCUT2D eigenvalue weighted by molar-refractivity contribution is 6.30. The summed E-state index contributed by atoms with van der Waals surface area (Å²) >= 11 is 11.6. The average Bonchev–Trinajstić information content (AvgIpc) is 2.59. The highest BCUT2D eigenvalue weighted by Gasteiger charge is 2.36. The minimum atomic E-state index is -0.777. The maximum atomic E-state index is 12.6. The first-order valence-corrected chi connectivity index (χ1v) is 8.14. The molecule has 1 aliphatic rings. The SMILES string of the molecule is O=C(ON1C(=O)c2ccccc2O[C@H]1CCCl)c1ccc(Cl)cc1. The van der Waals surface area contributed by atoms with E-state index in [-0.39, 0.29) is 11.4 Å². The lowest BCUT2D eigenvalue weighted by molar-refractivity contribution is -0.160. The summed E-state index contributed by atoms with van der Waals surface area (Å²) in [7, 11) is 0. The van der Waals surface area contributed by atoms with Gasteiger partial charge in [-0.2, -0.15) is 0 Å². The third-order valence-electron chi connectivity index (χ3n) is 3.46. The molecule has 24 heavy (non-hydrogen) atoms. The second-order valence-corrected chi connectivity index (χ2v) is 5.88. The minimum absolute atomic E-state index is 0.245. The van der Waals surface area contributed by atoms with Crippen LogP contribution in [0.1, 0.15) is 27.1 Å². The van der Waals surface area contributed by atoms with Crippen LogP contribution in [0.4, 0.5) is 0 Å². The Hall–Kier alpha value is -2.24. The number of carbonyl (C=O) groups excluding carboxylic acids is 2. The molecule has 2 aromatic carbocycles. The number of benzene rings is 2. The minimum Gasteiger partial charge on any atom is -0.466 e. The van der Waals surface area contributed by atoms with Gasteiger partial charge in [0.1, 0.15) is 5.75 Å². The zero-order valence-corrected chi connectivity index (χ0v) is 14.0. The number of rotatable bonds is 4. The predicted molar refractivity (Wildman–Crippen MR) is 89.2 cm³/mol. The van der Waals surface area contributed by atoms with E-state index < -0.39 is 18.1 Å². The van der Waals surface area contributed by atoms with Gasteiger partial charge in [0.25, 0.3) is 5.91 Å². The molecule has 1 heterocycles. The molecule has 1 aliphatic heterocycles. The molecule has 7 heteroatoms. The van der Waals surface area contributed by atoms with E-state index in [4.69, 9.17) is 32.8 Å². The molecule has 124 valence electrons. The van der Waals surface area contributed by atoms with Crippen LogP contribution in [0.2, 0.25) is 5.02 Å². The van der Waals surface area contributed by atoms with Gasteiger partial charge in [0.15, 0.2) is 0 Å². The summed E-state index contributed by atoms with van der Waals surface area (Å²) in [5, 5.41) is 1.43. The number of carbonyl (C=O) groups is 2. The average molecular weight is 366 g/mol. The third-order valence-corrected chi connectivity index (χ3v) is 3.93. The Kier molecular flexibility index (Phi) is 4.92. The van der Waals surface area contributed by atoms with Crippen LogP contribution in [0.25, 0.3) is 0 Å². The number of halogens is 2. The van der Waals surface area contributed by atoms with Crippen molar-refractivity contribution in [2.75, 3.05) is 5.88 Å². The van der Waals surface area contributed by atoms with E-state index >= 15 is 0 Å². The first kappa shape index (κ1) is 16.6. The van der Waals surface area contributed by atoms with Gasteiger partial charge in [-0.3, -0.25) is 4.79 Å². The quantitative estimate of drug-likeness (QED) is 0.771. The van der Waals surface area contributed by atoms with E-state index in [2.05, 4.69) is 0 Å². The summed E-state index contributed by atoms with van der Waals surface area (Å²) in [5.41, 5.74) is 0.600. The van der Waals surface area contributed by atoms with Crippen molar-refractivity contribution >= 4 is 35.1 Å². The second kappa shape index (κ2) is 7.11. The predicted octanol–water partition coefficient (Wildman–Crippen LogP) is 3.90. The van der Waals surface area contributed by atoms with E-state index in [1.807, 2.05) is 0 Å². The molecule has 1 atom stereocenters. The highest BCUT2D eigenvalue weighted by atomic mass is 35.5. The van der Waals surface area contributed by atoms with Crippen LogP contribution in [0.15, 0.2) is 48.5 Å². The van der Waals surface area contributed by atoms with Crippen molar-refractivity contribution in [3.63, 3.8) is 0 Å². The van der Waals surface area contributed by atoms with Crippen molar-refractivity contribution in [1.82, 2.24) is 5.06 Å². The van der Waals surface area contributed by atoms with Gasteiger partial charge in [-0.1, -0.05) is 23.7 Å². The zero-order valence-electron chi connectivity index (χ0n) is 12.4. The van der Waals surface area contributed by atoms with Crippen LogP contribution in [-0.4, -0.2) is 29.0 Å². The van der Waals surface area contributed by atoms with Crippen LogP contribution in [-0.2, 0) is 4.84 Å². The molecule has 1 amide bonds. The lowest BCUT2D eigenvalue weighted by Crippen LogP contribution is -2.48. The summed E-state index contributed by atoms with van der Waals surface area (Å²) in [4.78, 5) is 30.2. The fourth-order valence-electron chi connectivity index (χ4n) is 2.29. The fourth-order valence-corrected chi connectivity index (χ4v) is 2.60. The molecule has 5 nitrogen and oxygen atoms in total. The fraction of sp³-hybridized carbons (Fsp3) is 0.176. The van der Waals surface area contributed by atoms with E-state index in [0.717, 1.165) is 5.06 Å². The summed E-state index contributed by atoms with van der Waals surface area (Å²) in [6, 6.07) is 12.9. The van der Waals surface area contributed by atoms with Crippen LogP contribution >= 0.6 is 23.2 Å². The molecule has 0 N–H and O–H groups in total. The maximum absolute atomic E-state index is 12.6. The molecule has 0 bridgehead atoms. The Bertz CT molecular complexity index is 763. The number of nitrogens with zero attached hydrogens (tertiary/aromatic N) is 1. The number of para-hydroxylation sites is 1. The van der Waals surface area contributed by atoms with Crippen LogP contribution < -0.4 is 4.74 Å². The molecule has 0 fully saturated rings. The van der Waals surface area contributed by atoms with Crippen molar-refractivity contribution in [3.8, 4) is 5.75 Å². The van der Waals surface area contributed by atoms with Gasteiger partial charge in [-0.25, -0.2) is 4.79 Å². The van der Waals surface area contributed by atoms with Crippen molar-refractivity contribution < 1.29 is 19.2 Å². The zero-order chi connectivity index (χ0) is 17.1. The molecule has 0 saturated carbocycles. The highest BCUT2D eigenvalue weighted by Crippen LogP contribution is 2.29. The van der Waals surface area contributed by atoms with E-state index in [9.17, 15) is 9.59 Å². The largest absolute Gasteiger partial charge is 0.466 e. The Morgan fingerprint density at radius 3 is 2.58 bits per heavy atom. The molecule has 0 aliphatic carbocycles. The monoisotopic (exact) mass is 365 g/mol. The topological polar surface area (TPSA) is 55.8 Å². The number of alkyl halides is 1. The smallest absolute Gasteiger partial charge is 0.363 e. The molecule has 0 radical (unpaired) electrons. The van der Waals surface area contributed by atoms with Gasteiger partial charge in [0.2, 0.25) is 6.23 Å². The molecule has 0 saturated heterocycles. The number of hydroxylamine groups is 2.